The number of benzene rings is 2. The fourth-order valence-electron chi connectivity index (χ4n) is 6.09. The zero-order chi connectivity index (χ0) is 29.8. The van der Waals surface area contributed by atoms with Crippen molar-refractivity contribution in [3.63, 3.8) is 0 Å². The van der Waals surface area contributed by atoms with Gasteiger partial charge in [-0.05, 0) is 25.3 Å². The van der Waals surface area contributed by atoms with E-state index in [0.717, 1.165) is 5.56 Å². The summed E-state index contributed by atoms with van der Waals surface area (Å²) >= 11 is 0. The number of rotatable bonds is 5. The Bertz CT molecular complexity index is 1610. The van der Waals surface area contributed by atoms with Crippen LogP contribution in [0, 0.1) is 17.5 Å². The molecule has 2 bridgehead atoms. The molecule has 12 heteroatoms. The van der Waals surface area contributed by atoms with Crippen LogP contribution in [0.3, 0.4) is 0 Å². The van der Waals surface area contributed by atoms with E-state index in [4.69, 9.17) is 9.47 Å². The summed E-state index contributed by atoms with van der Waals surface area (Å²) in [6.45, 7) is 1.56. The molecular weight excluding hydrogens is 555 g/mol. The van der Waals surface area contributed by atoms with Crippen molar-refractivity contribution in [3.05, 3.63) is 98.7 Å². The van der Waals surface area contributed by atoms with Crippen LogP contribution in [0.4, 0.5) is 13.2 Å². The average Bonchev–Trinajstić information content (AvgIpc) is 3.31. The van der Waals surface area contributed by atoms with Crippen LogP contribution in [0.15, 0.2) is 53.5 Å². The minimum Gasteiger partial charge on any atom is -0.503 e. The Balaban J connectivity index is 1.35. The van der Waals surface area contributed by atoms with Gasteiger partial charge in [0.05, 0.1) is 12.6 Å². The third-order valence-corrected chi connectivity index (χ3v) is 8.40. The molecule has 2 N–H and O–H groups in total. The van der Waals surface area contributed by atoms with Crippen LogP contribution in [-0.4, -0.2) is 57.5 Å². The number of hydrogen-bond acceptors (Lipinski definition) is 6. The molecule has 3 aliphatic heterocycles. The first-order valence-corrected chi connectivity index (χ1v) is 13.6. The lowest BCUT2D eigenvalue weighted by atomic mass is 9.88. The van der Waals surface area contributed by atoms with Gasteiger partial charge >= 0.3 is 0 Å². The number of amides is 2. The second-order valence-corrected chi connectivity index (χ2v) is 11.0. The van der Waals surface area contributed by atoms with E-state index in [2.05, 4.69) is 5.32 Å². The number of carbonyl (C=O) groups is 2. The van der Waals surface area contributed by atoms with Crippen molar-refractivity contribution in [2.24, 2.45) is 0 Å². The number of nitrogens with zero attached hydrogens (tertiary/aromatic N) is 2. The first kappa shape index (κ1) is 28.0. The van der Waals surface area contributed by atoms with Gasteiger partial charge in [-0.25, -0.2) is 13.2 Å². The van der Waals surface area contributed by atoms with E-state index >= 15 is 0 Å². The molecule has 2 aromatic carbocycles. The predicted molar refractivity (Wildman–Crippen MR) is 142 cm³/mol. The van der Waals surface area contributed by atoms with E-state index in [9.17, 15) is 32.7 Å². The number of aromatic nitrogens is 1. The highest BCUT2D eigenvalue weighted by atomic mass is 19.1. The van der Waals surface area contributed by atoms with Crippen molar-refractivity contribution >= 4 is 11.8 Å². The van der Waals surface area contributed by atoms with Crippen molar-refractivity contribution in [3.8, 4) is 5.75 Å². The Morgan fingerprint density at radius 3 is 2.57 bits per heavy atom. The summed E-state index contributed by atoms with van der Waals surface area (Å²) in [5, 5.41) is 13.2. The predicted octanol–water partition coefficient (Wildman–Crippen LogP) is 3.43. The monoisotopic (exact) mass is 583 g/mol. The quantitative estimate of drug-likeness (QED) is 0.477. The molecule has 4 atom stereocenters. The molecule has 0 unspecified atom stereocenters. The summed E-state index contributed by atoms with van der Waals surface area (Å²) in [6, 6.07) is 9.76. The molecule has 4 heterocycles. The van der Waals surface area contributed by atoms with Gasteiger partial charge in [0.2, 0.25) is 5.43 Å². The molecule has 42 heavy (non-hydrogen) atoms. The zero-order valence-corrected chi connectivity index (χ0v) is 22.6. The van der Waals surface area contributed by atoms with E-state index in [-0.39, 0.29) is 24.9 Å². The summed E-state index contributed by atoms with van der Waals surface area (Å²) in [4.78, 5) is 41.3. The van der Waals surface area contributed by atoms with Crippen molar-refractivity contribution in [1.82, 2.24) is 14.8 Å². The Kier molecular flexibility index (Phi) is 7.06. The van der Waals surface area contributed by atoms with Crippen LogP contribution in [-0.2, 0) is 22.4 Å². The Morgan fingerprint density at radius 1 is 1.14 bits per heavy atom. The third kappa shape index (κ3) is 4.74. The molecule has 9 nitrogen and oxygen atoms in total. The summed E-state index contributed by atoms with van der Waals surface area (Å²) < 4.78 is 55.6. The maximum atomic E-state index is 14.1. The molecule has 2 saturated heterocycles. The van der Waals surface area contributed by atoms with Gasteiger partial charge in [0.15, 0.2) is 17.7 Å². The molecule has 220 valence electrons. The first-order chi connectivity index (χ1) is 20.1. The smallest absolute Gasteiger partial charge is 0.274 e. The first-order valence-electron chi connectivity index (χ1n) is 13.6. The number of hydrogen-bond donors (Lipinski definition) is 2. The molecule has 6 rings (SSSR count). The highest BCUT2D eigenvalue weighted by molar-refractivity contribution is 5.99. The summed E-state index contributed by atoms with van der Waals surface area (Å²) in [5.74, 6) is -6.04. The highest BCUT2D eigenvalue weighted by Crippen LogP contribution is 2.45. The van der Waals surface area contributed by atoms with Gasteiger partial charge in [-0.3, -0.25) is 14.4 Å². The number of pyridine rings is 1. The summed E-state index contributed by atoms with van der Waals surface area (Å²) in [6.07, 6.45) is 2.16. The Hall–Kier alpha value is -4.16. The SMILES string of the molecule is C[C@H]1CC[C@]2(CO[C@H](Cc3ccccc3)O2)[C@H]2CN1C(=O)c1c(O)c(=O)c(C(=O)NCc3c(F)cc(F)cc3F)cn12. The van der Waals surface area contributed by atoms with Crippen LogP contribution >= 0.6 is 0 Å². The number of ether oxygens (including phenoxy) is 2. The highest BCUT2D eigenvalue weighted by Gasteiger charge is 2.54. The fraction of sp³-hybridized carbons (Fsp3) is 0.367. The lowest BCUT2D eigenvalue weighted by molar-refractivity contribution is -0.108. The van der Waals surface area contributed by atoms with E-state index in [1.165, 1.54) is 10.8 Å². The molecule has 2 fully saturated rings. The number of aromatic hydroxyl groups is 1. The number of fused-ring (bicyclic) bond motifs is 5. The van der Waals surface area contributed by atoms with E-state index < -0.39 is 76.0 Å². The average molecular weight is 584 g/mol. The normalized spacial score (nSPS) is 24.9. The van der Waals surface area contributed by atoms with Gasteiger partial charge in [0.25, 0.3) is 11.8 Å². The lowest BCUT2D eigenvalue weighted by Crippen LogP contribution is -2.53. The molecule has 3 aliphatic rings. The second-order valence-electron chi connectivity index (χ2n) is 11.0. The Morgan fingerprint density at radius 2 is 1.86 bits per heavy atom. The van der Waals surface area contributed by atoms with Crippen molar-refractivity contribution < 1.29 is 37.3 Å². The zero-order valence-electron chi connectivity index (χ0n) is 22.6. The molecule has 0 saturated carbocycles. The van der Waals surface area contributed by atoms with Gasteiger partial charge < -0.3 is 29.4 Å². The third-order valence-electron chi connectivity index (χ3n) is 8.40. The van der Waals surface area contributed by atoms with Crippen LogP contribution in [0.25, 0.3) is 0 Å². The maximum Gasteiger partial charge on any atom is 0.274 e. The van der Waals surface area contributed by atoms with Crippen molar-refractivity contribution in [1.29, 1.82) is 0 Å². The van der Waals surface area contributed by atoms with E-state index in [1.807, 2.05) is 37.3 Å². The van der Waals surface area contributed by atoms with Crippen molar-refractivity contribution in [2.75, 3.05) is 13.2 Å². The molecule has 0 aliphatic carbocycles. The molecule has 1 spiro atoms. The summed E-state index contributed by atoms with van der Waals surface area (Å²) in [5.41, 5.74) is -2.45. The minimum absolute atomic E-state index is 0.181. The second kappa shape index (κ2) is 10.6. The summed E-state index contributed by atoms with van der Waals surface area (Å²) in [7, 11) is 0. The number of nitrogens with one attached hydrogen (secondary N) is 1. The maximum absolute atomic E-state index is 14.1. The molecule has 3 aromatic rings. The number of halogens is 3. The van der Waals surface area contributed by atoms with Crippen LogP contribution < -0.4 is 10.7 Å². The molecule has 2 amide bonds. The van der Waals surface area contributed by atoms with Crippen LogP contribution in [0.5, 0.6) is 5.75 Å². The standard InChI is InChI=1S/C30H28F3N3O6/c1-16-7-8-30(15-41-24(42-30)9-17-5-3-2-4-6-17)23-14-35(16)29(40)25-27(38)26(37)20(13-36(23)25)28(39)34-12-19-21(32)10-18(31)11-22(19)33/h2-6,10-11,13,16,23-24,38H,7-9,12,14-15H2,1H3,(H,34,39)/t16-,23+,24-,30-/m0/s1. The lowest BCUT2D eigenvalue weighted by Gasteiger charge is -2.42. The Labute approximate surface area is 238 Å². The molecule has 1 aromatic heterocycles. The van der Waals surface area contributed by atoms with Crippen molar-refractivity contribution in [2.45, 2.75) is 56.7 Å². The van der Waals surface area contributed by atoms with E-state index in [1.54, 1.807) is 4.90 Å². The van der Waals surface area contributed by atoms with Gasteiger partial charge in [0, 0.05) is 49.4 Å². The topological polar surface area (TPSA) is 110 Å². The largest absolute Gasteiger partial charge is 0.503 e. The van der Waals surface area contributed by atoms with Crippen LogP contribution in [0.1, 0.15) is 57.8 Å². The van der Waals surface area contributed by atoms with Gasteiger partial charge in [-0.2, -0.15) is 0 Å². The van der Waals surface area contributed by atoms with E-state index in [0.29, 0.717) is 31.4 Å². The molecule has 0 radical (unpaired) electrons. The van der Waals surface area contributed by atoms with Crippen LogP contribution in [0.2, 0.25) is 0 Å². The fourth-order valence-corrected chi connectivity index (χ4v) is 6.09. The molecular formula is C30H28F3N3O6. The van der Waals surface area contributed by atoms with Gasteiger partial charge in [-0.15, -0.1) is 0 Å². The minimum atomic E-state index is -1.21. The van der Waals surface area contributed by atoms with Gasteiger partial charge in [0.1, 0.15) is 28.6 Å². The number of carbonyl (C=O) groups excluding carboxylic acids is 2. The van der Waals surface area contributed by atoms with Gasteiger partial charge in [-0.1, -0.05) is 30.3 Å².